The summed E-state index contributed by atoms with van der Waals surface area (Å²) in [5.41, 5.74) is 2.55. The minimum atomic E-state index is -0.521. The van der Waals surface area contributed by atoms with Crippen LogP contribution in [-0.4, -0.2) is 24.2 Å². The van der Waals surface area contributed by atoms with Gasteiger partial charge in [0.05, 0.1) is 11.5 Å². The molecular weight excluding hydrogens is 292 g/mol. The van der Waals surface area contributed by atoms with E-state index in [4.69, 9.17) is 14.2 Å². The average Bonchev–Trinajstić information content (AvgIpc) is 2.81. The molecule has 23 heavy (non-hydrogen) atoms. The lowest BCUT2D eigenvalue weighted by atomic mass is 9.51. The van der Waals surface area contributed by atoms with E-state index in [-0.39, 0.29) is 29.2 Å². The van der Waals surface area contributed by atoms with Crippen LogP contribution < -0.4 is 0 Å². The van der Waals surface area contributed by atoms with Crippen molar-refractivity contribution >= 4 is 5.97 Å². The van der Waals surface area contributed by atoms with E-state index in [0.29, 0.717) is 0 Å². The predicted molar refractivity (Wildman–Crippen MR) is 82.6 cm³/mol. The fourth-order valence-corrected chi connectivity index (χ4v) is 5.79. The van der Waals surface area contributed by atoms with Gasteiger partial charge in [-0.15, -0.1) is 0 Å². The van der Waals surface area contributed by atoms with E-state index in [1.807, 2.05) is 0 Å². The molecule has 1 spiro atoms. The van der Waals surface area contributed by atoms with E-state index in [1.165, 1.54) is 37.3 Å². The van der Waals surface area contributed by atoms with Gasteiger partial charge >= 0.3 is 5.97 Å². The summed E-state index contributed by atoms with van der Waals surface area (Å²) < 4.78 is 18.2. The van der Waals surface area contributed by atoms with Crippen LogP contribution in [0.3, 0.4) is 0 Å². The minimum absolute atomic E-state index is 0.00426. The summed E-state index contributed by atoms with van der Waals surface area (Å²) in [5, 5.41) is 0. The van der Waals surface area contributed by atoms with Crippen LogP contribution in [0.5, 0.6) is 0 Å². The summed E-state index contributed by atoms with van der Waals surface area (Å²) in [7, 11) is 0. The summed E-state index contributed by atoms with van der Waals surface area (Å²) in [6.45, 7) is 1.46. The Morgan fingerprint density at radius 3 is 2.96 bits per heavy atom. The molecule has 1 aromatic carbocycles. The number of hydrogen-bond donors (Lipinski definition) is 0. The van der Waals surface area contributed by atoms with E-state index in [0.717, 1.165) is 19.3 Å². The lowest BCUT2D eigenvalue weighted by molar-refractivity contribution is -0.323. The van der Waals surface area contributed by atoms with E-state index in [9.17, 15) is 4.79 Å². The van der Waals surface area contributed by atoms with Gasteiger partial charge in [0.2, 0.25) is 6.29 Å². The van der Waals surface area contributed by atoms with Gasteiger partial charge in [-0.25, -0.2) is 0 Å². The highest BCUT2D eigenvalue weighted by atomic mass is 16.8. The Morgan fingerprint density at radius 1 is 1.26 bits per heavy atom. The first-order chi connectivity index (χ1) is 11.1. The molecular formula is C19H22O4. The molecule has 2 heterocycles. The molecule has 0 N–H and O–H groups in total. The van der Waals surface area contributed by atoms with Gasteiger partial charge < -0.3 is 14.2 Å². The van der Waals surface area contributed by atoms with Crippen molar-refractivity contribution in [1.29, 1.82) is 0 Å². The molecule has 1 unspecified atom stereocenters. The second-order valence-corrected chi connectivity index (χ2v) is 7.60. The number of carbonyl (C=O) groups excluding carboxylic acids is 1. The highest BCUT2D eigenvalue weighted by Crippen LogP contribution is 2.68. The Morgan fingerprint density at radius 2 is 2.09 bits per heavy atom. The van der Waals surface area contributed by atoms with E-state index >= 15 is 0 Å². The van der Waals surface area contributed by atoms with Crippen LogP contribution in [0.1, 0.15) is 56.1 Å². The van der Waals surface area contributed by atoms with Crippen LogP contribution >= 0.6 is 0 Å². The zero-order valence-corrected chi connectivity index (χ0v) is 13.4. The molecule has 0 aromatic heterocycles. The van der Waals surface area contributed by atoms with Gasteiger partial charge in [-0.05, 0) is 30.4 Å². The van der Waals surface area contributed by atoms with Crippen molar-refractivity contribution in [3.63, 3.8) is 0 Å². The van der Waals surface area contributed by atoms with E-state index in [2.05, 4.69) is 24.3 Å². The number of carbonyl (C=O) groups is 1. The van der Waals surface area contributed by atoms with Crippen molar-refractivity contribution in [2.45, 2.75) is 69.5 Å². The standard InChI is InChI=1S/C19H22O4/c1-12(20)21-17-16-14-7-3-2-6-13(14)10-18-8-4-5-9-19(16,18)23-15(11-18)22-17/h2-3,6-7,15-17H,4-5,8-11H2,1H3/t15-,16?,17-,18-,19-/m1/s1. The first kappa shape index (κ1) is 14.0. The molecule has 2 aliphatic carbocycles. The molecule has 122 valence electrons. The maximum atomic E-state index is 11.6. The van der Waals surface area contributed by atoms with Gasteiger partial charge in [0, 0.05) is 18.8 Å². The Hall–Kier alpha value is -1.39. The lowest BCUT2D eigenvalue weighted by Crippen LogP contribution is -2.60. The monoisotopic (exact) mass is 314 g/mol. The third kappa shape index (κ3) is 1.71. The summed E-state index contributed by atoms with van der Waals surface area (Å²) >= 11 is 0. The molecule has 5 atom stereocenters. The highest BCUT2D eigenvalue weighted by Gasteiger charge is 2.71. The van der Waals surface area contributed by atoms with Gasteiger partial charge in [0.15, 0.2) is 6.29 Å². The molecule has 1 aromatic rings. The molecule has 2 saturated heterocycles. The fourth-order valence-electron chi connectivity index (χ4n) is 5.79. The maximum Gasteiger partial charge on any atom is 0.304 e. The number of rotatable bonds is 1. The first-order valence-corrected chi connectivity index (χ1v) is 8.72. The molecule has 2 bridgehead atoms. The molecule has 0 radical (unpaired) electrons. The second-order valence-electron chi connectivity index (χ2n) is 7.60. The number of fused-ring (bicyclic) bond motifs is 3. The van der Waals surface area contributed by atoms with Crippen LogP contribution in [0, 0.1) is 5.41 Å². The van der Waals surface area contributed by atoms with Crippen molar-refractivity contribution in [2.24, 2.45) is 5.41 Å². The number of benzene rings is 1. The van der Waals surface area contributed by atoms with Crippen LogP contribution in [0.4, 0.5) is 0 Å². The lowest BCUT2D eigenvalue weighted by Gasteiger charge is -2.57. The zero-order valence-electron chi connectivity index (χ0n) is 13.4. The smallest absolute Gasteiger partial charge is 0.304 e. The third-order valence-electron chi connectivity index (χ3n) is 6.51. The van der Waals surface area contributed by atoms with Crippen LogP contribution in [0.25, 0.3) is 0 Å². The molecule has 3 fully saturated rings. The van der Waals surface area contributed by atoms with Gasteiger partial charge in [0.25, 0.3) is 0 Å². The Bertz CT molecular complexity index is 669. The minimum Gasteiger partial charge on any atom is -0.435 e. The Labute approximate surface area is 136 Å². The molecule has 0 amide bonds. The molecule has 2 aliphatic heterocycles. The van der Waals surface area contributed by atoms with Gasteiger partial charge in [0.1, 0.15) is 0 Å². The second kappa shape index (κ2) is 4.58. The quantitative estimate of drug-likeness (QED) is 0.746. The fraction of sp³-hybridized carbons (Fsp3) is 0.632. The van der Waals surface area contributed by atoms with Crippen molar-refractivity contribution in [3.8, 4) is 0 Å². The largest absolute Gasteiger partial charge is 0.435 e. The van der Waals surface area contributed by atoms with Crippen molar-refractivity contribution in [1.82, 2.24) is 0 Å². The summed E-state index contributed by atoms with van der Waals surface area (Å²) in [6.07, 6.45) is 5.90. The average molecular weight is 314 g/mol. The van der Waals surface area contributed by atoms with Gasteiger partial charge in [-0.3, -0.25) is 4.79 Å². The molecule has 4 aliphatic rings. The first-order valence-electron chi connectivity index (χ1n) is 8.72. The number of hydrogen-bond acceptors (Lipinski definition) is 4. The van der Waals surface area contributed by atoms with Crippen molar-refractivity contribution < 1.29 is 19.0 Å². The zero-order chi connectivity index (χ0) is 15.7. The molecule has 4 heteroatoms. The SMILES string of the molecule is CC(=O)O[C@@H]1O[C@H]2C[C@]34CCCC[C@@]3(O2)C1c1ccccc1C4. The summed E-state index contributed by atoms with van der Waals surface area (Å²) in [5.74, 6) is -0.285. The molecule has 1 saturated carbocycles. The van der Waals surface area contributed by atoms with Gasteiger partial charge in [-0.1, -0.05) is 37.1 Å². The Balaban J connectivity index is 1.71. The predicted octanol–water partition coefficient (Wildman–Crippen LogP) is 3.29. The maximum absolute atomic E-state index is 11.6. The van der Waals surface area contributed by atoms with Crippen LogP contribution in [0.15, 0.2) is 24.3 Å². The van der Waals surface area contributed by atoms with Crippen LogP contribution in [0.2, 0.25) is 0 Å². The normalized spacial score (nSPS) is 43.4. The molecule has 4 nitrogen and oxygen atoms in total. The summed E-state index contributed by atoms with van der Waals surface area (Å²) in [4.78, 5) is 11.6. The van der Waals surface area contributed by atoms with Crippen molar-refractivity contribution in [3.05, 3.63) is 35.4 Å². The van der Waals surface area contributed by atoms with E-state index < -0.39 is 6.29 Å². The third-order valence-corrected chi connectivity index (χ3v) is 6.51. The molecule has 5 rings (SSSR count). The van der Waals surface area contributed by atoms with Crippen molar-refractivity contribution in [2.75, 3.05) is 0 Å². The Kier molecular flexibility index (Phi) is 2.79. The summed E-state index contributed by atoms with van der Waals surface area (Å²) in [6, 6.07) is 8.56. The van der Waals surface area contributed by atoms with Crippen LogP contribution in [-0.2, 0) is 25.4 Å². The number of ether oxygens (including phenoxy) is 3. The van der Waals surface area contributed by atoms with Gasteiger partial charge in [-0.2, -0.15) is 0 Å². The van der Waals surface area contributed by atoms with E-state index in [1.54, 1.807) is 0 Å². The topological polar surface area (TPSA) is 44.8 Å². The highest BCUT2D eigenvalue weighted by molar-refractivity contribution is 5.66. The number of esters is 1.